The molecule has 2 aromatic heterocycles. The summed E-state index contributed by atoms with van der Waals surface area (Å²) < 4.78 is 18.1. The Balaban J connectivity index is 1.30. The third-order valence-electron chi connectivity index (χ3n) is 4.67. The first kappa shape index (κ1) is 20.1. The first-order valence-electron chi connectivity index (χ1n) is 9.50. The highest BCUT2D eigenvalue weighted by Crippen LogP contribution is 2.23. The van der Waals surface area contributed by atoms with E-state index < -0.39 is 0 Å². The number of amides is 1. The first-order valence-corrected chi connectivity index (χ1v) is 10.5. The maximum Gasteiger partial charge on any atom is 0.236 e. The van der Waals surface area contributed by atoms with Crippen molar-refractivity contribution in [2.24, 2.45) is 0 Å². The molecule has 8 nitrogen and oxygen atoms in total. The maximum atomic E-state index is 13.1. The number of carbonyl (C=O) groups is 1. The fourth-order valence-electron chi connectivity index (χ4n) is 3.17. The van der Waals surface area contributed by atoms with Crippen molar-refractivity contribution in [1.82, 2.24) is 15.1 Å². The van der Waals surface area contributed by atoms with Gasteiger partial charge in [-0.05, 0) is 31.2 Å². The topological polar surface area (TPSA) is 87.4 Å². The summed E-state index contributed by atoms with van der Waals surface area (Å²) in [6, 6.07) is 10.1. The summed E-state index contributed by atoms with van der Waals surface area (Å²) in [4.78, 5) is 25.1. The van der Waals surface area contributed by atoms with E-state index in [0.717, 1.165) is 42.7 Å². The number of nitrogens with one attached hydrogen (secondary N) is 1. The molecule has 4 rings (SSSR count). The van der Waals surface area contributed by atoms with Gasteiger partial charge in [0.15, 0.2) is 5.82 Å². The third kappa shape index (κ3) is 5.07. The van der Waals surface area contributed by atoms with Gasteiger partial charge in [-0.15, -0.1) is 0 Å². The summed E-state index contributed by atoms with van der Waals surface area (Å²) in [7, 11) is 0. The third-order valence-corrected chi connectivity index (χ3v) is 5.60. The Hall–Kier alpha value is -3.14. The van der Waals surface area contributed by atoms with Crippen LogP contribution < -0.4 is 15.1 Å². The molecule has 0 aliphatic carbocycles. The van der Waals surface area contributed by atoms with Crippen LogP contribution in [0.4, 0.5) is 21.7 Å². The van der Waals surface area contributed by atoms with Crippen LogP contribution in [-0.4, -0.2) is 53.0 Å². The second kappa shape index (κ2) is 9.12. The van der Waals surface area contributed by atoms with Crippen LogP contribution in [0.3, 0.4) is 0 Å². The van der Waals surface area contributed by atoms with Crippen LogP contribution in [0.25, 0.3) is 0 Å². The van der Waals surface area contributed by atoms with Gasteiger partial charge in [0, 0.05) is 44.0 Å². The monoisotopic (exact) mass is 428 g/mol. The Labute approximate surface area is 177 Å². The molecular formula is C20H21FN6O2S. The van der Waals surface area contributed by atoms with Crippen molar-refractivity contribution in [3.8, 4) is 0 Å². The van der Waals surface area contributed by atoms with E-state index in [1.54, 1.807) is 25.1 Å². The number of carbonyl (C=O) groups excluding carboxylic acids is 1. The zero-order valence-electron chi connectivity index (χ0n) is 16.4. The van der Waals surface area contributed by atoms with Crippen molar-refractivity contribution in [3.63, 3.8) is 0 Å². The number of aromatic nitrogens is 3. The lowest BCUT2D eigenvalue weighted by atomic mass is 10.2. The summed E-state index contributed by atoms with van der Waals surface area (Å²) >= 11 is 1.34. The van der Waals surface area contributed by atoms with Crippen LogP contribution in [0, 0.1) is 12.7 Å². The van der Waals surface area contributed by atoms with E-state index in [4.69, 9.17) is 4.52 Å². The lowest BCUT2D eigenvalue weighted by Crippen LogP contribution is -2.46. The highest BCUT2D eigenvalue weighted by molar-refractivity contribution is 7.99. The first-order chi connectivity index (χ1) is 14.6. The largest absolute Gasteiger partial charge is 0.368 e. The van der Waals surface area contributed by atoms with Gasteiger partial charge in [-0.2, -0.15) is 0 Å². The molecule has 1 N–H and O–H groups in total. The molecule has 10 heteroatoms. The average Bonchev–Trinajstić information content (AvgIpc) is 3.17. The Morgan fingerprint density at radius 2 is 1.87 bits per heavy atom. The fourth-order valence-corrected chi connectivity index (χ4v) is 3.83. The molecule has 1 saturated heterocycles. The van der Waals surface area contributed by atoms with E-state index in [-0.39, 0.29) is 17.5 Å². The minimum Gasteiger partial charge on any atom is -0.368 e. The number of rotatable bonds is 6. The van der Waals surface area contributed by atoms with Gasteiger partial charge in [0.1, 0.15) is 28.7 Å². The Kier molecular flexibility index (Phi) is 6.12. The fraction of sp³-hybridized carbons (Fsp3) is 0.300. The van der Waals surface area contributed by atoms with E-state index in [9.17, 15) is 9.18 Å². The Morgan fingerprint density at radius 3 is 2.57 bits per heavy atom. The minimum absolute atomic E-state index is 0.179. The molecule has 30 heavy (non-hydrogen) atoms. The molecule has 1 aliphatic rings. The van der Waals surface area contributed by atoms with E-state index in [1.165, 1.54) is 30.2 Å². The number of nitrogens with zero attached hydrogens (tertiary/aromatic N) is 5. The SMILES string of the molecule is Cc1cc(NC(=O)CSc2cc(N3CCN(c4ccc(F)cc4)CC3)ncn2)no1. The van der Waals surface area contributed by atoms with Gasteiger partial charge in [0.25, 0.3) is 0 Å². The molecule has 0 bridgehead atoms. The molecule has 0 spiro atoms. The van der Waals surface area contributed by atoms with Gasteiger partial charge < -0.3 is 19.6 Å². The number of piperazine rings is 1. The van der Waals surface area contributed by atoms with Gasteiger partial charge in [-0.3, -0.25) is 4.79 Å². The standard InChI is InChI=1S/C20H21FN6O2S/c1-14-10-17(25-29-14)24-19(28)12-30-20-11-18(22-13-23-20)27-8-6-26(7-9-27)16-4-2-15(21)3-5-16/h2-5,10-11,13H,6-9,12H2,1H3,(H,24,25,28). The molecule has 1 aromatic carbocycles. The van der Waals surface area contributed by atoms with Crippen molar-refractivity contribution in [2.45, 2.75) is 11.9 Å². The lowest BCUT2D eigenvalue weighted by Gasteiger charge is -2.36. The van der Waals surface area contributed by atoms with Crippen molar-refractivity contribution in [2.75, 3.05) is 47.0 Å². The Bertz CT molecular complexity index is 1000. The number of benzene rings is 1. The van der Waals surface area contributed by atoms with Gasteiger partial charge in [0.2, 0.25) is 5.91 Å². The minimum atomic E-state index is -0.228. The number of thioether (sulfide) groups is 1. The lowest BCUT2D eigenvalue weighted by molar-refractivity contribution is -0.113. The summed E-state index contributed by atoms with van der Waals surface area (Å²) in [5, 5.41) is 7.16. The van der Waals surface area contributed by atoms with Gasteiger partial charge >= 0.3 is 0 Å². The average molecular weight is 428 g/mol. The molecule has 1 aliphatic heterocycles. The summed E-state index contributed by atoms with van der Waals surface area (Å²) in [6.45, 7) is 4.99. The van der Waals surface area contributed by atoms with Crippen LogP contribution in [0.2, 0.25) is 0 Å². The molecule has 156 valence electrons. The molecule has 1 amide bonds. The number of anilines is 3. The molecule has 1 fully saturated rings. The van der Waals surface area contributed by atoms with Crippen molar-refractivity contribution >= 4 is 35.0 Å². The van der Waals surface area contributed by atoms with Gasteiger partial charge in [0.05, 0.1) is 5.75 Å². The molecule has 3 aromatic rings. The Morgan fingerprint density at radius 1 is 1.13 bits per heavy atom. The number of hydrogen-bond donors (Lipinski definition) is 1. The van der Waals surface area contributed by atoms with E-state index in [0.29, 0.717) is 11.6 Å². The normalized spacial score (nSPS) is 14.1. The summed E-state index contributed by atoms with van der Waals surface area (Å²) in [5.41, 5.74) is 1.02. The summed E-state index contributed by atoms with van der Waals surface area (Å²) in [5.74, 6) is 1.67. The molecule has 3 heterocycles. The molecule has 0 saturated carbocycles. The van der Waals surface area contributed by atoms with Gasteiger partial charge in [-0.25, -0.2) is 14.4 Å². The smallest absolute Gasteiger partial charge is 0.236 e. The van der Waals surface area contributed by atoms with Gasteiger partial charge in [-0.1, -0.05) is 16.9 Å². The van der Waals surface area contributed by atoms with Crippen molar-refractivity contribution in [1.29, 1.82) is 0 Å². The zero-order valence-corrected chi connectivity index (χ0v) is 17.2. The quantitative estimate of drug-likeness (QED) is 0.474. The van der Waals surface area contributed by atoms with Crippen LogP contribution in [0.5, 0.6) is 0 Å². The number of halogens is 1. The highest BCUT2D eigenvalue weighted by atomic mass is 32.2. The summed E-state index contributed by atoms with van der Waals surface area (Å²) in [6.07, 6.45) is 1.52. The number of hydrogen-bond acceptors (Lipinski definition) is 8. The van der Waals surface area contributed by atoms with Crippen LogP contribution in [-0.2, 0) is 4.79 Å². The highest BCUT2D eigenvalue weighted by Gasteiger charge is 2.19. The molecular weight excluding hydrogens is 407 g/mol. The maximum absolute atomic E-state index is 13.1. The van der Waals surface area contributed by atoms with E-state index in [1.807, 2.05) is 6.07 Å². The zero-order chi connectivity index (χ0) is 20.9. The van der Waals surface area contributed by atoms with E-state index >= 15 is 0 Å². The molecule has 0 unspecified atom stereocenters. The van der Waals surface area contributed by atoms with E-state index in [2.05, 4.69) is 30.2 Å². The second-order valence-electron chi connectivity index (χ2n) is 6.82. The predicted molar refractivity (Wildman–Crippen MR) is 113 cm³/mol. The van der Waals surface area contributed by atoms with Crippen LogP contribution >= 0.6 is 11.8 Å². The number of aryl methyl sites for hydroxylation is 1. The molecule has 0 atom stereocenters. The van der Waals surface area contributed by atoms with Crippen molar-refractivity contribution in [3.05, 3.63) is 54.3 Å². The van der Waals surface area contributed by atoms with Crippen LogP contribution in [0.15, 0.2) is 52.3 Å². The van der Waals surface area contributed by atoms with Crippen LogP contribution in [0.1, 0.15) is 5.76 Å². The second-order valence-corrected chi connectivity index (χ2v) is 7.82. The predicted octanol–water partition coefficient (Wildman–Crippen LogP) is 2.97. The molecule has 0 radical (unpaired) electrons. The van der Waals surface area contributed by atoms with Crippen molar-refractivity contribution < 1.29 is 13.7 Å².